The highest BCUT2D eigenvalue weighted by molar-refractivity contribution is 6.04. The third-order valence-electron chi connectivity index (χ3n) is 1.62. The van der Waals surface area contributed by atoms with Crippen LogP contribution in [0.2, 0.25) is 0 Å². The average Bonchev–Trinajstić information content (AvgIpc) is 2.48. The van der Waals surface area contributed by atoms with Crippen molar-refractivity contribution in [3.63, 3.8) is 0 Å². The summed E-state index contributed by atoms with van der Waals surface area (Å²) in [5.41, 5.74) is 1.23. The summed E-state index contributed by atoms with van der Waals surface area (Å²) in [4.78, 5) is 10.9. The molecule has 68 valence electrons. The number of aromatic nitrogens is 1. The quantitative estimate of drug-likeness (QED) is 0.690. The van der Waals surface area contributed by atoms with Gasteiger partial charge in [-0.05, 0) is 12.8 Å². The summed E-state index contributed by atoms with van der Waals surface area (Å²) in [5, 5.41) is 6.24. The lowest BCUT2D eigenvalue weighted by Crippen LogP contribution is -2.09. The molecule has 1 aromatic heterocycles. The molecule has 4 nitrogen and oxygen atoms in total. The topological polar surface area (TPSA) is 55.1 Å². The predicted molar refractivity (Wildman–Crippen MR) is 48.1 cm³/mol. The summed E-state index contributed by atoms with van der Waals surface area (Å²) in [5.74, 6) is 2.12. The molecule has 0 aromatic carbocycles. The Balaban J connectivity index is 2.93. The number of rotatable bonds is 2. The van der Waals surface area contributed by atoms with Crippen LogP contribution in [0.3, 0.4) is 0 Å². The van der Waals surface area contributed by atoms with Crippen molar-refractivity contribution < 1.29 is 9.32 Å². The van der Waals surface area contributed by atoms with Crippen molar-refractivity contribution in [1.29, 1.82) is 0 Å². The van der Waals surface area contributed by atoms with Crippen LogP contribution in [0.25, 0.3) is 0 Å². The zero-order valence-electron chi connectivity index (χ0n) is 7.55. The summed E-state index contributed by atoms with van der Waals surface area (Å²) in [6.07, 6.45) is 5.58. The normalized spacial score (nSPS) is 9.31. The summed E-state index contributed by atoms with van der Waals surface area (Å²) in [6.45, 7) is 3.65. The summed E-state index contributed by atoms with van der Waals surface area (Å²) < 4.78 is 4.96. The van der Waals surface area contributed by atoms with E-state index in [0.717, 1.165) is 0 Å². The predicted octanol–water partition coefficient (Wildman–Crippen LogP) is 1.12. The molecule has 0 spiro atoms. The molecule has 13 heavy (non-hydrogen) atoms. The van der Waals surface area contributed by atoms with Gasteiger partial charge in [-0.15, -0.1) is 6.42 Å². The van der Waals surface area contributed by atoms with E-state index in [0.29, 0.717) is 23.6 Å². The molecule has 0 saturated carbocycles. The van der Waals surface area contributed by atoms with Crippen LogP contribution in [0.15, 0.2) is 4.52 Å². The van der Waals surface area contributed by atoms with E-state index in [1.165, 1.54) is 0 Å². The van der Waals surface area contributed by atoms with Crippen LogP contribution in [-0.2, 0) is 11.2 Å². The largest absolute Gasteiger partial charge is 0.359 e. The Morgan fingerprint density at radius 3 is 3.00 bits per heavy atom. The number of amides is 1. The maximum Gasteiger partial charge on any atom is 0.300 e. The van der Waals surface area contributed by atoms with Gasteiger partial charge in [-0.3, -0.25) is 4.79 Å². The number of aryl methyl sites for hydroxylation is 2. The number of hydrogen-bond acceptors (Lipinski definition) is 3. The first kappa shape index (κ1) is 9.33. The highest BCUT2D eigenvalue weighted by Crippen LogP contribution is 2.19. The second-order valence-corrected chi connectivity index (χ2v) is 2.52. The molecule has 0 aliphatic rings. The Hall–Kier alpha value is -1.76. The lowest BCUT2D eigenvalue weighted by Gasteiger charge is -1.98. The number of nitrogens with zero attached hydrogens (tertiary/aromatic N) is 1. The van der Waals surface area contributed by atoms with Gasteiger partial charge in [-0.25, -0.2) is 0 Å². The van der Waals surface area contributed by atoms with Gasteiger partial charge in [0.15, 0.2) is 5.76 Å². The van der Waals surface area contributed by atoms with Crippen molar-refractivity contribution in [2.24, 2.45) is 0 Å². The standard InChI is InChI=1S/C9H10N2O2/c1-4-7-9(6(3)11-13-7)10-8(12)5-2/h2H,4H2,1,3H3,(H,10,12). The van der Waals surface area contributed by atoms with Gasteiger partial charge < -0.3 is 9.84 Å². The molecule has 1 aromatic rings. The Bertz CT molecular complexity index is 360. The van der Waals surface area contributed by atoms with Crippen LogP contribution in [0.5, 0.6) is 0 Å². The van der Waals surface area contributed by atoms with Crippen molar-refractivity contribution in [1.82, 2.24) is 5.16 Å². The molecule has 1 heterocycles. The van der Waals surface area contributed by atoms with E-state index in [2.05, 4.69) is 10.5 Å². The highest BCUT2D eigenvalue weighted by Gasteiger charge is 2.12. The smallest absolute Gasteiger partial charge is 0.300 e. The molecule has 1 amide bonds. The monoisotopic (exact) mass is 178 g/mol. The molecule has 4 heteroatoms. The molecule has 0 bridgehead atoms. The Morgan fingerprint density at radius 2 is 2.46 bits per heavy atom. The van der Waals surface area contributed by atoms with Crippen LogP contribution in [0.1, 0.15) is 18.4 Å². The number of anilines is 1. The minimum atomic E-state index is -0.485. The van der Waals surface area contributed by atoms with E-state index < -0.39 is 5.91 Å². The maximum absolute atomic E-state index is 10.9. The molecular formula is C9H10N2O2. The molecule has 0 aliphatic carbocycles. The minimum Gasteiger partial charge on any atom is -0.359 e. The second kappa shape index (κ2) is 3.76. The van der Waals surface area contributed by atoms with Gasteiger partial charge in [0.05, 0.1) is 0 Å². The van der Waals surface area contributed by atoms with Crippen molar-refractivity contribution in [3.8, 4) is 12.3 Å². The fourth-order valence-corrected chi connectivity index (χ4v) is 0.968. The molecule has 0 aliphatic heterocycles. The van der Waals surface area contributed by atoms with Crippen molar-refractivity contribution in [2.75, 3.05) is 5.32 Å². The second-order valence-electron chi connectivity index (χ2n) is 2.52. The molecule has 0 saturated heterocycles. The van der Waals surface area contributed by atoms with Crippen LogP contribution in [0, 0.1) is 19.3 Å². The lowest BCUT2D eigenvalue weighted by atomic mass is 10.2. The third-order valence-corrected chi connectivity index (χ3v) is 1.62. The molecule has 0 fully saturated rings. The van der Waals surface area contributed by atoms with E-state index in [9.17, 15) is 4.79 Å². The van der Waals surface area contributed by atoms with Crippen LogP contribution in [0.4, 0.5) is 5.69 Å². The van der Waals surface area contributed by atoms with Crippen molar-refractivity contribution in [3.05, 3.63) is 11.5 Å². The van der Waals surface area contributed by atoms with Gasteiger partial charge in [0.1, 0.15) is 11.4 Å². The van der Waals surface area contributed by atoms with Crippen molar-refractivity contribution >= 4 is 11.6 Å². The third kappa shape index (κ3) is 1.88. The number of carbonyl (C=O) groups is 1. The first-order chi connectivity index (χ1) is 6.19. The van der Waals surface area contributed by atoms with Gasteiger partial charge in [-0.2, -0.15) is 0 Å². The van der Waals surface area contributed by atoms with Crippen LogP contribution >= 0.6 is 0 Å². The SMILES string of the molecule is C#CC(=O)Nc1c(C)noc1CC. The molecule has 1 rings (SSSR count). The molecular weight excluding hydrogens is 168 g/mol. The molecule has 0 radical (unpaired) electrons. The molecule has 0 unspecified atom stereocenters. The number of nitrogens with one attached hydrogen (secondary N) is 1. The van der Waals surface area contributed by atoms with E-state index in [4.69, 9.17) is 10.9 Å². The zero-order chi connectivity index (χ0) is 9.84. The first-order valence-corrected chi connectivity index (χ1v) is 3.91. The number of hydrogen-bond donors (Lipinski definition) is 1. The Morgan fingerprint density at radius 1 is 1.77 bits per heavy atom. The summed E-state index contributed by atoms with van der Waals surface area (Å²) in [6, 6.07) is 0. The minimum absolute atomic E-state index is 0.485. The van der Waals surface area contributed by atoms with Gasteiger partial charge in [0.2, 0.25) is 0 Å². The van der Waals surface area contributed by atoms with Gasteiger partial charge >= 0.3 is 0 Å². The number of carbonyl (C=O) groups excluding carboxylic acids is 1. The summed E-state index contributed by atoms with van der Waals surface area (Å²) in [7, 11) is 0. The van der Waals surface area contributed by atoms with Gasteiger partial charge in [0, 0.05) is 6.42 Å². The lowest BCUT2D eigenvalue weighted by molar-refractivity contribution is -0.111. The first-order valence-electron chi connectivity index (χ1n) is 3.91. The maximum atomic E-state index is 10.9. The van der Waals surface area contributed by atoms with Crippen molar-refractivity contribution in [2.45, 2.75) is 20.3 Å². The van der Waals surface area contributed by atoms with E-state index in [1.807, 2.05) is 12.8 Å². The molecule has 0 atom stereocenters. The van der Waals surface area contributed by atoms with Gasteiger partial charge in [-0.1, -0.05) is 12.1 Å². The summed E-state index contributed by atoms with van der Waals surface area (Å²) >= 11 is 0. The fourth-order valence-electron chi connectivity index (χ4n) is 0.968. The van der Waals surface area contributed by atoms with Gasteiger partial charge in [0.25, 0.3) is 5.91 Å². The van der Waals surface area contributed by atoms with E-state index in [-0.39, 0.29) is 0 Å². The van der Waals surface area contributed by atoms with Crippen LogP contribution in [-0.4, -0.2) is 11.1 Å². The highest BCUT2D eigenvalue weighted by atomic mass is 16.5. The van der Waals surface area contributed by atoms with E-state index in [1.54, 1.807) is 6.92 Å². The van der Waals surface area contributed by atoms with E-state index >= 15 is 0 Å². The number of terminal acetylenes is 1. The molecule has 1 N–H and O–H groups in total. The fraction of sp³-hybridized carbons (Fsp3) is 0.333. The average molecular weight is 178 g/mol. The zero-order valence-corrected chi connectivity index (χ0v) is 7.55. The Labute approximate surface area is 76.3 Å². The van der Waals surface area contributed by atoms with Crippen LogP contribution < -0.4 is 5.32 Å². The Kier molecular flexibility index (Phi) is 2.70.